The van der Waals surface area contributed by atoms with Crippen LogP contribution in [0.25, 0.3) is 49.0 Å². The Morgan fingerprint density at radius 1 is 0.655 bits per heavy atom. The van der Waals surface area contributed by atoms with Crippen molar-refractivity contribution in [1.82, 2.24) is 9.55 Å². The van der Waals surface area contributed by atoms with Gasteiger partial charge < -0.3 is 0 Å². The van der Waals surface area contributed by atoms with E-state index < -0.39 is 0 Å². The number of hydrogen-bond donors (Lipinski definition) is 0. The molecule has 0 N–H and O–H groups in total. The standard InChI is InChI=1S/C25H15BrN2S/c26-22-15-14-21(29-22)25-27-23-19-12-6-4-10-17(19)18-11-5-7-13-20(18)24(23)28(25)16-8-2-1-3-9-16/h1-15H. The van der Waals surface area contributed by atoms with Gasteiger partial charge in [-0.05, 0) is 51.0 Å². The molecular weight excluding hydrogens is 440 g/mol. The van der Waals surface area contributed by atoms with Crippen LogP contribution in [0.4, 0.5) is 0 Å². The van der Waals surface area contributed by atoms with Crippen LogP contribution in [0.5, 0.6) is 0 Å². The van der Waals surface area contributed by atoms with E-state index in [0.717, 1.165) is 31.2 Å². The first kappa shape index (κ1) is 17.0. The summed E-state index contributed by atoms with van der Waals surface area (Å²) in [6.07, 6.45) is 0. The van der Waals surface area contributed by atoms with Crippen molar-refractivity contribution < 1.29 is 0 Å². The van der Waals surface area contributed by atoms with Gasteiger partial charge >= 0.3 is 0 Å². The van der Waals surface area contributed by atoms with Gasteiger partial charge in [-0.2, -0.15) is 0 Å². The maximum atomic E-state index is 5.20. The molecule has 0 bridgehead atoms. The van der Waals surface area contributed by atoms with E-state index in [0.29, 0.717) is 0 Å². The molecule has 0 aliphatic carbocycles. The van der Waals surface area contributed by atoms with Crippen molar-refractivity contribution in [3.8, 4) is 16.4 Å². The van der Waals surface area contributed by atoms with E-state index in [2.05, 4.69) is 111 Å². The number of nitrogens with zero attached hydrogens (tertiary/aromatic N) is 2. The molecule has 0 saturated heterocycles. The molecule has 0 spiro atoms. The number of imidazole rings is 1. The molecule has 6 aromatic rings. The summed E-state index contributed by atoms with van der Waals surface area (Å²) >= 11 is 5.32. The van der Waals surface area contributed by atoms with Crippen LogP contribution in [0.1, 0.15) is 0 Å². The first-order chi connectivity index (χ1) is 14.3. The molecular formula is C25H15BrN2S. The molecule has 0 aliphatic heterocycles. The number of para-hydroxylation sites is 1. The Morgan fingerprint density at radius 3 is 1.97 bits per heavy atom. The molecule has 6 rings (SSSR count). The quantitative estimate of drug-likeness (QED) is 0.243. The van der Waals surface area contributed by atoms with Crippen LogP contribution in [0.15, 0.2) is 94.8 Å². The van der Waals surface area contributed by atoms with Crippen molar-refractivity contribution >= 4 is 59.8 Å². The summed E-state index contributed by atoms with van der Waals surface area (Å²) in [5.41, 5.74) is 3.32. The third-order valence-corrected chi connectivity index (χ3v) is 6.96. The zero-order valence-corrected chi connectivity index (χ0v) is 17.7. The Kier molecular flexibility index (Phi) is 3.83. The van der Waals surface area contributed by atoms with Crippen LogP contribution in [0, 0.1) is 0 Å². The fraction of sp³-hybridized carbons (Fsp3) is 0. The van der Waals surface area contributed by atoms with Gasteiger partial charge in [-0.15, -0.1) is 11.3 Å². The monoisotopic (exact) mass is 454 g/mol. The van der Waals surface area contributed by atoms with E-state index in [9.17, 15) is 0 Å². The van der Waals surface area contributed by atoms with Gasteiger partial charge in [0.1, 0.15) is 0 Å². The second-order valence-electron chi connectivity index (χ2n) is 7.00. The van der Waals surface area contributed by atoms with Crippen LogP contribution in [-0.2, 0) is 0 Å². The average Bonchev–Trinajstić information content (AvgIpc) is 3.38. The fourth-order valence-electron chi connectivity index (χ4n) is 4.13. The summed E-state index contributed by atoms with van der Waals surface area (Å²) in [5.74, 6) is 0.975. The minimum Gasteiger partial charge on any atom is -0.291 e. The first-order valence-corrected chi connectivity index (χ1v) is 11.1. The maximum absolute atomic E-state index is 5.20. The molecule has 2 nitrogen and oxygen atoms in total. The fourth-order valence-corrected chi connectivity index (χ4v) is 5.50. The molecule has 29 heavy (non-hydrogen) atoms. The van der Waals surface area contributed by atoms with Gasteiger partial charge in [-0.25, -0.2) is 4.98 Å². The molecule has 0 saturated carbocycles. The topological polar surface area (TPSA) is 17.8 Å². The number of rotatable bonds is 2. The van der Waals surface area contributed by atoms with Crippen molar-refractivity contribution in [2.75, 3.05) is 0 Å². The Balaban J connectivity index is 1.89. The molecule has 0 radical (unpaired) electrons. The molecule has 2 heterocycles. The highest BCUT2D eigenvalue weighted by molar-refractivity contribution is 9.11. The van der Waals surface area contributed by atoms with Gasteiger partial charge in [0.05, 0.1) is 19.7 Å². The summed E-state index contributed by atoms with van der Waals surface area (Å²) in [6, 6.07) is 32.0. The highest BCUT2D eigenvalue weighted by Crippen LogP contribution is 2.40. The van der Waals surface area contributed by atoms with Crippen LogP contribution in [0.3, 0.4) is 0 Å². The zero-order chi connectivity index (χ0) is 19.4. The minimum absolute atomic E-state index is 0.975. The number of fused-ring (bicyclic) bond motifs is 6. The summed E-state index contributed by atoms with van der Waals surface area (Å²) < 4.78 is 3.41. The predicted molar refractivity (Wildman–Crippen MR) is 127 cm³/mol. The Labute approximate surface area is 180 Å². The van der Waals surface area contributed by atoms with Crippen molar-refractivity contribution in [2.45, 2.75) is 0 Å². The second-order valence-corrected chi connectivity index (χ2v) is 9.46. The van der Waals surface area contributed by atoms with E-state index in [4.69, 9.17) is 4.98 Å². The Morgan fingerprint density at radius 2 is 1.28 bits per heavy atom. The van der Waals surface area contributed by atoms with Gasteiger partial charge in [-0.3, -0.25) is 4.57 Å². The second kappa shape index (κ2) is 6.55. The minimum atomic E-state index is 0.975. The average molecular weight is 455 g/mol. The lowest BCUT2D eigenvalue weighted by atomic mass is 10.00. The third-order valence-electron chi connectivity index (χ3n) is 5.34. The van der Waals surface area contributed by atoms with Crippen LogP contribution < -0.4 is 0 Å². The lowest BCUT2D eigenvalue weighted by Crippen LogP contribution is -1.96. The smallest absolute Gasteiger partial charge is 0.155 e. The van der Waals surface area contributed by atoms with E-state index in [-0.39, 0.29) is 0 Å². The molecule has 0 unspecified atom stereocenters. The van der Waals surface area contributed by atoms with Crippen molar-refractivity contribution in [3.63, 3.8) is 0 Å². The number of halogens is 1. The predicted octanol–water partition coefficient (Wildman–Crippen LogP) is 7.82. The van der Waals surface area contributed by atoms with Gasteiger partial charge in [0.2, 0.25) is 0 Å². The van der Waals surface area contributed by atoms with E-state index in [1.165, 1.54) is 21.5 Å². The van der Waals surface area contributed by atoms with Gasteiger partial charge in [0.25, 0.3) is 0 Å². The molecule has 0 aliphatic rings. The Hall–Kier alpha value is -2.95. The largest absolute Gasteiger partial charge is 0.291 e. The van der Waals surface area contributed by atoms with Crippen LogP contribution >= 0.6 is 27.3 Å². The lowest BCUT2D eigenvalue weighted by Gasteiger charge is -2.11. The molecule has 138 valence electrons. The summed E-state index contributed by atoms with van der Waals surface area (Å²) in [5, 5.41) is 4.91. The van der Waals surface area contributed by atoms with Gasteiger partial charge in [0.15, 0.2) is 5.82 Å². The van der Waals surface area contributed by atoms with Gasteiger partial charge in [-0.1, -0.05) is 66.7 Å². The molecule has 0 atom stereocenters. The zero-order valence-electron chi connectivity index (χ0n) is 15.3. The SMILES string of the molecule is Brc1ccc(-c2nc3c4ccccc4c4ccccc4c3n2-c2ccccc2)s1. The molecule has 0 amide bonds. The number of hydrogen-bond acceptors (Lipinski definition) is 2. The van der Waals surface area contributed by atoms with Crippen molar-refractivity contribution in [1.29, 1.82) is 0 Å². The number of aromatic nitrogens is 2. The lowest BCUT2D eigenvalue weighted by molar-refractivity contribution is 1.11. The molecule has 0 fully saturated rings. The number of thiophene rings is 1. The first-order valence-electron chi connectivity index (χ1n) is 9.44. The molecule has 4 aromatic carbocycles. The highest BCUT2D eigenvalue weighted by atomic mass is 79.9. The third kappa shape index (κ3) is 2.56. The van der Waals surface area contributed by atoms with Crippen LogP contribution in [0.2, 0.25) is 0 Å². The molecule has 2 aromatic heterocycles. The van der Waals surface area contributed by atoms with Crippen molar-refractivity contribution in [2.24, 2.45) is 0 Å². The summed E-state index contributed by atoms with van der Waals surface area (Å²) in [7, 11) is 0. The van der Waals surface area contributed by atoms with E-state index in [1.807, 2.05) is 0 Å². The normalized spacial score (nSPS) is 11.6. The molecule has 4 heteroatoms. The van der Waals surface area contributed by atoms with E-state index in [1.54, 1.807) is 11.3 Å². The number of benzene rings is 4. The van der Waals surface area contributed by atoms with E-state index >= 15 is 0 Å². The maximum Gasteiger partial charge on any atom is 0.155 e. The highest BCUT2D eigenvalue weighted by Gasteiger charge is 2.20. The Bertz CT molecular complexity index is 1510. The summed E-state index contributed by atoms with van der Waals surface area (Å²) in [6.45, 7) is 0. The van der Waals surface area contributed by atoms with Crippen molar-refractivity contribution in [3.05, 3.63) is 94.8 Å². The van der Waals surface area contributed by atoms with Crippen LogP contribution in [-0.4, -0.2) is 9.55 Å². The summed E-state index contributed by atoms with van der Waals surface area (Å²) in [4.78, 5) is 6.35. The van der Waals surface area contributed by atoms with Gasteiger partial charge in [0, 0.05) is 16.5 Å².